The van der Waals surface area contributed by atoms with Crippen LogP contribution in [0.1, 0.15) is 43.3 Å². The van der Waals surface area contributed by atoms with Gasteiger partial charge in [-0.2, -0.15) is 10.1 Å². The molecule has 2 aromatic rings. The molecule has 0 spiro atoms. The number of nitrogens with one attached hydrogen (secondary N) is 1. The molecule has 0 aliphatic carbocycles. The topological polar surface area (TPSA) is 80.0 Å². The Labute approximate surface area is 135 Å². The summed E-state index contributed by atoms with van der Waals surface area (Å²) in [5.41, 5.74) is 1.54. The van der Waals surface area contributed by atoms with Crippen LogP contribution in [0.3, 0.4) is 0 Å². The fourth-order valence-electron chi connectivity index (χ4n) is 3.62. The number of aryl methyl sites for hydroxylation is 1. The van der Waals surface area contributed by atoms with Crippen LogP contribution >= 0.6 is 0 Å². The Morgan fingerprint density at radius 3 is 2.83 bits per heavy atom. The monoisotopic (exact) mass is 314 g/mol. The second-order valence-electron chi connectivity index (χ2n) is 6.39. The molecule has 2 aliphatic heterocycles. The number of piperidine rings is 1. The maximum atomic E-state index is 5.57. The van der Waals surface area contributed by atoms with Gasteiger partial charge in [-0.25, -0.2) is 0 Å². The van der Waals surface area contributed by atoms with Gasteiger partial charge in [0, 0.05) is 6.04 Å². The molecule has 0 bridgehead atoms. The van der Waals surface area contributed by atoms with Crippen LogP contribution < -0.4 is 5.32 Å². The van der Waals surface area contributed by atoms with E-state index in [-0.39, 0.29) is 6.04 Å². The molecule has 0 aromatic carbocycles. The summed E-state index contributed by atoms with van der Waals surface area (Å²) in [7, 11) is 0. The molecule has 2 saturated heterocycles. The molecule has 0 saturated carbocycles. The molecule has 2 fully saturated rings. The summed E-state index contributed by atoms with van der Waals surface area (Å²) in [4.78, 5) is 7.15. The minimum atomic E-state index is 0.248. The Hall–Kier alpha value is -1.86. The summed E-state index contributed by atoms with van der Waals surface area (Å²) >= 11 is 0. The molecular weight excluding hydrogens is 292 g/mol. The van der Waals surface area contributed by atoms with Crippen LogP contribution in [0.2, 0.25) is 0 Å². The van der Waals surface area contributed by atoms with Crippen molar-refractivity contribution in [2.24, 2.45) is 0 Å². The third-order valence-corrected chi connectivity index (χ3v) is 4.83. The summed E-state index contributed by atoms with van der Waals surface area (Å²) in [6, 6.07) is 4.67. The van der Waals surface area contributed by atoms with Crippen LogP contribution in [0.4, 0.5) is 0 Å². The fraction of sp³-hybridized carbons (Fsp3) is 0.625. The standard InChI is InChI=1S/C16H22N6O/c1-11-4-5-13(20-19-11)15-18-16(23-21-15)14-3-2-10-22(14)12-6-8-17-9-7-12/h4-5,12,14,17H,2-3,6-10H2,1H3/t14-/m1/s1. The van der Waals surface area contributed by atoms with E-state index in [1.54, 1.807) is 0 Å². The van der Waals surface area contributed by atoms with Gasteiger partial charge < -0.3 is 9.84 Å². The van der Waals surface area contributed by atoms with Crippen molar-refractivity contribution in [3.05, 3.63) is 23.7 Å². The van der Waals surface area contributed by atoms with Crippen molar-refractivity contribution < 1.29 is 4.52 Å². The molecule has 0 amide bonds. The predicted molar refractivity (Wildman–Crippen MR) is 84.6 cm³/mol. The van der Waals surface area contributed by atoms with E-state index in [9.17, 15) is 0 Å². The van der Waals surface area contributed by atoms with Gasteiger partial charge in [0.1, 0.15) is 5.69 Å². The van der Waals surface area contributed by atoms with Crippen molar-refractivity contribution in [2.75, 3.05) is 19.6 Å². The first kappa shape index (κ1) is 14.7. The molecule has 1 N–H and O–H groups in total. The lowest BCUT2D eigenvalue weighted by Crippen LogP contribution is -2.42. The van der Waals surface area contributed by atoms with Gasteiger partial charge in [-0.05, 0) is 64.4 Å². The predicted octanol–water partition coefficient (Wildman–Crippen LogP) is 1.72. The van der Waals surface area contributed by atoms with Gasteiger partial charge in [0.05, 0.1) is 11.7 Å². The summed E-state index contributed by atoms with van der Waals surface area (Å²) in [5.74, 6) is 1.25. The maximum absolute atomic E-state index is 5.57. The number of aromatic nitrogens is 4. The highest BCUT2D eigenvalue weighted by molar-refractivity contribution is 5.46. The van der Waals surface area contributed by atoms with Crippen molar-refractivity contribution in [1.82, 2.24) is 30.6 Å². The van der Waals surface area contributed by atoms with Gasteiger partial charge in [-0.1, -0.05) is 5.16 Å². The second kappa shape index (κ2) is 6.33. The maximum Gasteiger partial charge on any atom is 0.244 e. The highest BCUT2D eigenvalue weighted by Crippen LogP contribution is 2.35. The van der Waals surface area contributed by atoms with Crippen LogP contribution in [0.5, 0.6) is 0 Å². The number of hydrogen-bond acceptors (Lipinski definition) is 7. The van der Waals surface area contributed by atoms with E-state index < -0.39 is 0 Å². The molecule has 0 radical (unpaired) electrons. The van der Waals surface area contributed by atoms with Crippen molar-refractivity contribution >= 4 is 0 Å². The van der Waals surface area contributed by atoms with Gasteiger partial charge in [-0.3, -0.25) is 4.90 Å². The van der Waals surface area contributed by atoms with Crippen molar-refractivity contribution in [1.29, 1.82) is 0 Å². The van der Waals surface area contributed by atoms with Gasteiger partial charge >= 0.3 is 0 Å². The van der Waals surface area contributed by atoms with Gasteiger partial charge in [0.15, 0.2) is 0 Å². The Morgan fingerprint density at radius 2 is 2.04 bits per heavy atom. The lowest BCUT2D eigenvalue weighted by molar-refractivity contribution is 0.126. The van der Waals surface area contributed by atoms with Crippen LogP contribution in [-0.2, 0) is 0 Å². The van der Waals surface area contributed by atoms with E-state index in [2.05, 4.69) is 30.6 Å². The minimum absolute atomic E-state index is 0.248. The first-order valence-electron chi connectivity index (χ1n) is 8.42. The Bertz CT molecular complexity index is 649. The lowest BCUT2D eigenvalue weighted by Gasteiger charge is -2.34. The zero-order chi connectivity index (χ0) is 15.6. The second-order valence-corrected chi connectivity index (χ2v) is 6.39. The van der Waals surface area contributed by atoms with Crippen LogP contribution in [0, 0.1) is 6.92 Å². The number of rotatable bonds is 3. The Balaban J connectivity index is 1.54. The molecule has 4 rings (SSSR count). The van der Waals surface area contributed by atoms with E-state index in [0.717, 1.165) is 37.6 Å². The van der Waals surface area contributed by atoms with Crippen molar-refractivity contribution in [3.63, 3.8) is 0 Å². The zero-order valence-electron chi connectivity index (χ0n) is 13.4. The quantitative estimate of drug-likeness (QED) is 0.924. The van der Waals surface area contributed by atoms with Gasteiger partial charge in [0.2, 0.25) is 11.7 Å². The van der Waals surface area contributed by atoms with Crippen LogP contribution in [0.15, 0.2) is 16.7 Å². The molecule has 0 unspecified atom stereocenters. The Morgan fingerprint density at radius 1 is 1.17 bits per heavy atom. The summed E-state index contributed by atoms with van der Waals surface area (Å²) in [5, 5.41) is 15.7. The minimum Gasteiger partial charge on any atom is -0.337 e. The van der Waals surface area contributed by atoms with Crippen LogP contribution in [-0.4, -0.2) is 50.9 Å². The van der Waals surface area contributed by atoms with E-state index in [4.69, 9.17) is 4.52 Å². The summed E-state index contributed by atoms with van der Waals surface area (Å²) < 4.78 is 5.57. The molecule has 2 aromatic heterocycles. The average Bonchev–Trinajstić information content (AvgIpc) is 3.25. The zero-order valence-corrected chi connectivity index (χ0v) is 13.4. The van der Waals surface area contributed by atoms with E-state index in [1.807, 2.05) is 19.1 Å². The normalized spacial score (nSPS) is 23.4. The highest BCUT2D eigenvalue weighted by atomic mass is 16.5. The molecule has 7 nitrogen and oxygen atoms in total. The van der Waals surface area contributed by atoms with E-state index in [1.165, 1.54) is 19.3 Å². The molecular formula is C16H22N6O. The summed E-state index contributed by atoms with van der Waals surface area (Å²) in [6.45, 7) is 5.23. The van der Waals surface area contributed by atoms with Gasteiger partial charge in [-0.15, -0.1) is 5.10 Å². The molecule has 1 atom stereocenters. The van der Waals surface area contributed by atoms with Crippen molar-refractivity contribution in [2.45, 2.75) is 44.7 Å². The lowest BCUT2D eigenvalue weighted by atomic mass is 10.0. The first-order chi connectivity index (χ1) is 11.3. The van der Waals surface area contributed by atoms with E-state index >= 15 is 0 Å². The number of nitrogens with zero attached hydrogens (tertiary/aromatic N) is 5. The highest BCUT2D eigenvalue weighted by Gasteiger charge is 2.35. The first-order valence-corrected chi connectivity index (χ1v) is 8.42. The molecule has 122 valence electrons. The van der Waals surface area contributed by atoms with E-state index in [0.29, 0.717) is 17.6 Å². The number of hydrogen-bond donors (Lipinski definition) is 1. The smallest absolute Gasteiger partial charge is 0.244 e. The molecule has 23 heavy (non-hydrogen) atoms. The third-order valence-electron chi connectivity index (χ3n) is 4.83. The largest absolute Gasteiger partial charge is 0.337 e. The Kier molecular flexibility index (Phi) is 4.05. The van der Waals surface area contributed by atoms with Crippen LogP contribution in [0.25, 0.3) is 11.5 Å². The molecule has 4 heterocycles. The fourth-order valence-corrected chi connectivity index (χ4v) is 3.62. The average molecular weight is 314 g/mol. The third kappa shape index (κ3) is 2.98. The molecule has 7 heteroatoms. The van der Waals surface area contributed by atoms with Gasteiger partial charge in [0.25, 0.3) is 0 Å². The van der Waals surface area contributed by atoms with Crippen molar-refractivity contribution in [3.8, 4) is 11.5 Å². The SMILES string of the molecule is Cc1ccc(-c2noc([C@H]3CCCN3C3CCNCC3)n2)nn1. The molecule has 2 aliphatic rings. The summed E-state index contributed by atoms with van der Waals surface area (Å²) in [6.07, 6.45) is 4.67. The number of likely N-dealkylation sites (tertiary alicyclic amines) is 1.